The Morgan fingerprint density at radius 2 is 0.762 bits per heavy atom. The van der Waals surface area contributed by atoms with Gasteiger partial charge in [0, 0.05) is 22.3 Å². The first-order chi connectivity index (χ1) is 19.8. The molecule has 2 aromatic carbocycles. The zero-order valence-electron chi connectivity index (χ0n) is 26.8. The predicted octanol–water partition coefficient (Wildman–Crippen LogP) is 9.61. The van der Waals surface area contributed by atoms with E-state index in [1.54, 1.807) is 0 Å². The van der Waals surface area contributed by atoms with Crippen LogP contribution in [0.1, 0.15) is 66.5 Å². The smallest absolute Gasteiger partial charge is 0.185 e. The van der Waals surface area contributed by atoms with Crippen LogP contribution in [0, 0.1) is 37.5 Å². The van der Waals surface area contributed by atoms with Gasteiger partial charge < -0.3 is 0 Å². The van der Waals surface area contributed by atoms with Crippen LogP contribution < -0.4 is 0 Å². The van der Waals surface area contributed by atoms with Crippen LogP contribution in [0.15, 0.2) is 93.0 Å². The van der Waals surface area contributed by atoms with Gasteiger partial charge in [0.15, 0.2) is 11.6 Å². The molecule has 2 aromatic rings. The molecule has 0 atom stereocenters. The van der Waals surface area contributed by atoms with Crippen molar-refractivity contribution in [2.45, 2.75) is 69.2 Å². The van der Waals surface area contributed by atoms with E-state index < -0.39 is 0 Å². The molecule has 0 bridgehead atoms. The summed E-state index contributed by atoms with van der Waals surface area (Å²) < 4.78 is 0. The van der Waals surface area contributed by atoms with Crippen LogP contribution in [-0.2, 0) is 9.59 Å². The van der Waals surface area contributed by atoms with E-state index in [2.05, 4.69) is 106 Å². The van der Waals surface area contributed by atoms with Crippen LogP contribution >= 0.6 is 0 Å². The van der Waals surface area contributed by atoms with Crippen molar-refractivity contribution >= 4 is 34.4 Å². The summed E-state index contributed by atoms with van der Waals surface area (Å²) in [5.74, 6) is 0.859. The first-order valence-electron chi connectivity index (χ1n) is 15.1. The van der Waals surface area contributed by atoms with Crippen molar-refractivity contribution in [3.8, 4) is 11.1 Å². The van der Waals surface area contributed by atoms with Gasteiger partial charge in [0.2, 0.25) is 0 Å². The molecule has 0 fully saturated rings. The highest BCUT2D eigenvalue weighted by molar-refractivity contribution is 6.23. The summed E-state index contributed by atoms with van der Waals surface area (Å²) in [6.07, 6.45) is 7.76. The lowest BCUT2D eigenvalue weighted by Gasteiger charge is -2.20. The van der Waals surface area contributed by atoms with Crippen molar-refractivity contribution in [1.29, 1.82) is 0 Å². The Kier molecular flexibility index (Phi) is 9.25. The largest absolute Gasteiger partial charge is 0.289 e. The lowest BCUT2D eigenvalue weighted by atomic mass is 9.84. The molecular formula is C38H44N2O2. The Morgan fingerprint density at radius 1 is 0.476 bits per heavy atom. The van der Waals surface area contributed by atoms with Crippen LogP contribution in [0.4, 0.5) is 11.4 Å². The maximum absolute atomic E-state index is 12.9. The standard InChI is InChI=1S/C38H44N2O2/c1-21(2)31-17-29(18-32(22(3)4)37(31)41)39-35-13-11-27(15-25(35)9)28-12-14-36(26(10)16-28)40-30-19-33(23(5)6)38(42)34(20-30)24(7)8/h11-24H,1-10H3. The third-order valence-corrected chi connectivity index (χ3v) is 7.98. The summed E-state index contributed by atoms with van der Waals surface area (Å²) >= 11 is 0. The van der Waals surface area contributed by atoms with Crippen molar-refractivity contribution in [2.75, 3.05) is 0 Å². The Balaban J connectivity index is 1.65. The fourth-order valence-corrected chi connectivity index (χ4v) is 5.36. The van der Waals surface area contributed by atoms with E-state index in [4.69, 9.17) is 9.98 Å². The highest BCUT2D eigenvalue weighted by Crippen LogP contribution is 2.33. The van der Waals surface area contributed by atoms with Crippen LogP contribution in [0.5, 0.6) is 0 Å². The molecule has 4 heteroatoms. The van der Waals surface area contributed by atoms with E-state index in [-0.39, 0.29) is 35.2 Å². The lowest BCUT2D eigenvalue weighted by molar-refractivity contribution is -0.113. The summed E-state index contributed by atoms with van der Waals surface area (Å²) in [6.45, 7) is 20.6. The van der Waals surface area contributed by atoms with E-state index in [0.717, 1.165) is 67.3 Å². The van der Waals surface area contributed by atoms with Gasteiger partial charge in [-0.25, -0.2) is 9.98 Å². The normalized spacial score (nSPS) is 15.9. The molecule has 0 N–H and O–H groups in total. The van der Waals surface area contributed by atoms with Gasteiger partial charge in [-0.1, -0.05) is 67.5 Å². The van der Waals surface area contributed by atoms with E-state index in [0.29, 0.717) is 0 Å². The van der Waals surface area contributed by atoms with Gasteiger partial charge in [-0.15, -0.1) is 0 Å². The third-order valence-electron chi connectivity index (χ3n) is 7.98. The molecule has 0 unspecified atom stereocenters. The molecule has 42 heavy (non-hydrogen) atoms. The zero-order valence-corrected chi connectivity index (χ0v) is 26.8. The molecule has 0 saturated heterocycles. The minimum atomic E-state index is 0.139. The number of Topliss-reactive ketones (excluding diaryl/α,β-unsaturated/α-hetero) is 2. The van der Waals surface area contributed by atoms with E-state index in [9.17, 15) is 9.59 Å². The summed E-state index contributed by atoms with van der Waals surface area (Å²) in [4.78, 5) is 35.7. The molecule has 0 amide bonds. The number of hydrogen-bond acceptors (Lipinski definition) is 4. The zero-order chi connectivity index (χ0) is 30.9. The second-order valence-electron chi connectivity index (χ2n) is 12.8. The summed E-state index contributed by atoms with van der Waals surface area (Å²) in [5.41, 5.74) is 11.1. The second kappa shape index (κ2) is 12.5. The Morgan fingerprint density at radius 3 is 1.00 bits per heavy atom. The van der Waals surface area contributed by atoms with Crippen LogP contribution in [-0.4, -0.2) is 23.0 Å². The molecule has 218 valence electrons. The van der Waals surface area contributed by atoms with Crippen molar-refractivity contribution in [2.24, 2.45) is 33.7 Å². The van der Waals surface area contributed by atoms with Gasteiger partial charge in [0.05, 0.1) is 22.8 Å². The first kappa shape index (κ1) is 31.0. The molecule has 2 aliphatic rings. The molecule has 0 heterocycles. The number of hydrogen-bond donors (Lipinski definition) is 0. The number of aryl methyl sites for hydroxylation is 2. The van der Waals surface area contributed by atoms with Crippen LogP contribution in [0.2, 0.25) is 0 Å². The highest BCUT2D eigenvalue weighted by Gasteiger charge is 2.26. The summed E-state index contributed by atoms with van der Waals surface area (Å²) in [6, 6.07) is 12.6. The van der Waals surface area contributed by atoms with E-state index in [1.807, 2.05) is 24.3 Å². The fraction of sp³-hybridized carbons (Fsp3) is 0.368. The van der Waals surface area contributed by atoms with Gasteiger partial charge >= 0.3 is 0 Å². The SMILES string of the molecule is Cc1cc(-c2ccc(N=C3C=C(C(C)C)C(=O)C(C(C)C)=C3)c(C)c2)ccc1N=C1C=C(C(C)C)C(=O)C(C(C)C)=C1. The molecule has 0 radical (unpaired) electrons. The number of carbonyl (C=O) groups is 2. The van der Waals surface area contributed by atoms with Gasteiger partial charge in [-0.05, 0) is 108 Å². The maximum atomic E-state index is 12.9. The average Bonchev–Trinajstić information content (AvgIpc) is 2.91. The summed E-state index contributed by atoms with van der Waals surface area (Å²) in [5, 5.41) is 0. The second-order valence-corrected chi connectivity index (χ2v) is 12.8. The van der Waals surface area contributed by atoms with Gasteiger partial charge in [0.25, 0.3) is 0 Å². The number of aliphatic imine (C=N–C) groups is 2. The predicted molar refractivity (Wildman–Crippen MR) is 177 cm³/mol. The van der Waals surface area contributed by atoms with Crippen molar-refractivity contribution < 1.29 is 9.59 Å². The van der Waals surface area contributed by atoms with Gasteiger partial charge in [0.1, 0.15) is 0 Å². The molecule has 0 spiro atoms. The number of carbonyl (C=O) groups excluding carboxylic acids is 2. The molecule has 4 nitrogen and oxygen atoms in total. The number of nitrogens with zero attached hydrogens (tertiary/aromatic N) is 2. The molecule has 4 rings (SSSR count). The quantitative estimate of drug-likeness (QED) is 0.317. The van der Waals surface area contributed by atoms with Crippen molar-refractivity contribution in [3.63, 3.8) is 0 Å². The summed E-state index contributed by atoms with van der Waals surface area (Å²) in [7, 11) is 0. The molecule has 2 aliphatic carbocycles. The topological polar surface area (TPSA) is 58.9 Å². The number of allylic oxidation sites excluding steroid dienone is 8. The van der Waals surface area contributed by atoms with Gasteiger partial charge in [-0.3, -0.25) is 9.59 Å². The average molecular weight is 561 g/mol. The molecule has 0 aliphatic heterocycles. The molecule has 0 saturated carbocycles. The highest BCUT2D eigenvalue weighted by atomic mass is 16.1. The Bertz CT molecular complexity index is 1440. The van der Waals surface area contributed by atoms with E-state index >= 15 is 0 Å². The number of rotatable bonds is 7. The fourth-order valence-electron chi connectivity index (χ4n) is 5.36. The van der Waals surface area contributed by atoms with Crippen LogP contribution in [0.25, 0.3) is 11.1 Å². The third kappa shape index (κ3) is 6.59. The number of benzene rings is 2. The Hall–Kier alpha value is -3.92. The van der Waals surface area contributed by atoms with Crippen LogP contribution in [0.3, 0.4) is 0 Å². The van der Waals surface area contributed by atoms with E-state index in [1.165, 1.54) is 0 Å². The van der Waals surface area contributed by atoms with Crippen molar-refractivity contribution in [3.05, 3.63) is 94.1 Å². The number of ketones is 2. The van der Waals surface area contributed by atoms with Gasteiger partial charge in [-0.2, -0.15) is 0 Å². The first-order valence-corrected chi connectivity index (χ1v) is 15.1. The minimum Gasteiger partial charge on any atom is -0.289 e. The maximum Gasteiger partial charge on any atom is 0.185 e. The molecule has 0 aromatic heterocycles. The minimum absolute atomic E-state index is 0.139. The molecular weight excluding hydrogens is 516 g/mol. The monoisotopic (exact) mass is 560 g/mol. The Labute approximate surface area is 251 Å². The van der Waals surface area contributed by atoms with Crippen molar-refractivity contribution in [1.82, 2.24) is 0 Å². The lowest BCUT2D eigenvalue weighted by Crippen LogP contribution is -2.20.